The first-order chi connectivity index (χ1) is 14.1. The Morgan fingerprint density at radius 1 is 0.966 bits per heavy atom. The topological polar surface area (TPSA) is 98.0 Å². The Hall–Kier alpha value is -3.75. The maximum atomic E-state index is 9.53. The molecule has 0 amide bonds. The van der Waals surface area contributed by atoms with E-state index >= 15 is 0 Å². The molecular formula is C23H15ClN4O. The molecule has 29 heavy (non-hydrogen) atoms. The van der Waals surface area contributed by atoms with Crippen molar-refractivity contribution in [1.29, 1.82) is 5.26 Å². The Morgan fingerprint density at radius 3 is 2.52 bits per heavy atom. The molecule has 5 rings (SSSR count). The monoisotopic (exact) mass is 398 g/mol. The first-order valence-corrected chi connectivity index (χ1v) is 9.40. The summed E-state index contributed by atoms with van der Waals surface area (Å²) in [6.07, 6.45) is 0. The lowest BCUT2D eigenvalue weighted by molar-refractivity contribution is 0.440. The van der Waals surface area contributed by atoms with Gasteiger partial charge in [-0.1, -0.05) is 66.2 Å². The number of nitrogens with zero attached hydrogens (tertiary/aromatic N) is 2. The van der Waals surface area contributed by atoms with Gasteiger partial charge in [0.05, 0.1) is 11.3 Å². The van der Waals surface area contributed by atoms with Crippen LogP contribution in [-0.4, -0.2) is 4.98 Å². The highest BCUT2D eigenvalue weighted by Gasteiger charge is 2.35. The summed E-state index contributed by atoms with van der Waals surface area (Å²) in [6, 6.07) is 21.6. The zero-order valence-corrected chi connectivity index (χ0v) is 15.9. The minimum atomic E-state index is -0.341. The molecule has 1 aliphatic heterocycles. The van der Waals surface area contributed by atoms with Crippen LogP contribution in [0.3, 0.4) is 0 Å². The van der Waals surface area contributed by atoms with Gasteiger partial charge in [0.1, 0.15) is 23.2 Å². The number of nitrogen functional groups attached to an aromatic ring is 2. The number of anilines is 2. The first-order valence-electron chi connectivity index (χ1n) is 9.03. The van der Waals surface area contributed by atoms with Crippen LogP contribution in [0.1, 0.15) is 28.2 Å². The van der Waals surface area contributed by atoms with Gasteiger partial charge in [-0.25, -0.2) is 0 Å². The number of hydrogen-bond acceptors (Lipinski definition) is 5. The smallest absolute Gasteiger partial charge is 0.227 e. The minimum Gasteiger partial charge on any atom is -0.438 e. The predicted octanol–water partition coefficient (Wildman–Crippen LogP) is 5.21. The molecule has 0 unspecified atom stereocenters. The third-order valence-electron chi connectivity index (χ3n) is 5.30. The molecule has 0 aliphatic carbocycles. The molecule has 2 heterocycles. The number of rotatable bonds is 1. The molecule has 140 valence electrons. The number of benzene rings is 3. The van der Waals surface area contributed by atoms with E-state index in [0.717, 1.165) is 21.9 Å². The van der Waals surface area contributed by atoms with Crippen molar-refractivity contribution >= 4 is 33.9 Å². The fraction of sp³-hybridized carbons (Fsp3) is 0.0435. The van der Waals surface area contributed by atoms with Crippen molar-refractivity contribution in [2.24, 2.45) is 0 Å². The number of pyridine rings is 1. The summed E-state index contributed by atoms with van der Waals surface area (Å²) in [5.41, 5.74) is 15.2. The normalized spacial score (nSPS) is 14.6. The highest BCUT2D eigenvalue weighted by atomic mass is 35.5. The van der Waals surface area contributed by atoms with Crippen molar-refractivity contribution in [3.8, 4) is 17.7 Å². The summed E-state index contributed by atoms with van der Waals surface area (Å²) in [5, 5.41) is 12.1. The van der Waals surface area contributed by atoms with Gasteiger partial charge in [0.15, 0.2) is 0 Å². The second kappa shape index (κ2) is 6.40. The van der Waals surface area contributed by atoms with Gasteiger partial charge in [0.25, 0.3) is 0 Å². The molecule has 1 aromatic heterocycles. The number of ether oxygens (including phenoxy) is 1. The van der Waals surface area contributed by atoms with Crippen molar-refractivity contribution in [3.63, 3.8) is 0 Å². The van der Waals surface area contributed by atoms with Crippen LogP contribution in [0.15, 0.2) is 60.7 Å². The van der Waals surface area contributed by atoms with Gasteiger partial charge in [-0.3, -0.25) is 0 Å². The Kier molecular flexibility index (Phi) is 3.83. The quantitative estimate of drug-likeness (QED) is 0.404. The maximum absolute atomic E-state index is 9.53. The van der Waals surface area contributed by atoms with Crippen LogP contribution in [0.2, 0.25) is 5.02 Å². The molecule has 1 atom stereocenters. The Bertz CT molecular complexity index is 1340. The second-order valence-electron chi connectivity index (χ2n) is 6.88. The number of fused-ring (bicyclic) bond motifs is 4. The SMILES string of the molecule is N#Cc1c(N)nc2c(c1N)[C@@H](c1ccccc1Cl)c1ccc3ccccc3c1O2. The van der Waals surface area contributed by atoms with Crippen molar-refractivity contribution < 1.29 is 4.74 Å². The van der Waals surface area contributed by atoms with E-state index in [0.29, 0.717) is 22.2 Å². The predicted molar refractivity (Wildman–Crippen MR) is 114 cm³/mol. The van der Waals surface area contributed by atoms with Crippen LogP contribution in [0.25, 0.3) is 10.8 Å². The maximum Gasteiger partial charge on any atom is 0.227 e. The van der Waals surface area contributed by atoms with E-state index in [9.17, 15) is 5.26 Å². The molecule has 4 aromatic rings. The molecule has 4 N–H and O–H groups in total. The molecule has 6 heteroatoms. The van der Waals surface area contributed by atoms with Gasteiger partial charge in [-0.2, -0.15) is 10.2 Å². The van der Waals surface area contributed by atoms with Gasteiger partial charge in [-0.05, 0) is 17.0 Å². The van der Waals surface area contributed by atoms with Gasteiger partial charge in [0, 0.05) is 21.9 Å². The van der Waals surface area contributed by atoms with Crippen LogP contribution < -0.4 is 16.2 Å². The van der Waals surface area contributed by atoms with Crippen molar-refractivity contribution in [1.82, 2.24) is 4.98 Å². The third kappa shape index (κ3) is 2.50. The molecule has 1 aliphatic rings. The Morgan fingerprint density at radius 2 is 1.72 bits per heavy atom. The van der Waals surface area contributed by atoms with Crippen LogP contribution in [0, 0.1) is 11.3 Å². The molecule has 0 spiro atoms. The van der Waals surface area contributed by atoms with E-state index in [2.05, 4.69) is 11.1 Å². The molecule has 3 aromatic carbocycles. The van der Waals surface area contributed by atoms with Gasteiger partial charge in [-0.15, -0.1) is 0 Å². The first kappa shape index (κ1) is 17.4. The number of halogens is 1. The average Bonchev–Trinajstić information content (AvgIpc) is 2.73. The molecule has 0 saturated heterocycles. The Labute approximate surface area is 172 Å². The molecule has 0 bridgehead atoms. The zero-order valence-electron chi connectivity index (χ0n) is 15.2. The largest absolute Gasteiger partial charge is 0.438 e. The van der Waals surface area contributed by atoms with Crippen molar-refractivity contribution in [2.75, 3.05) is 11.5 Å². The van der Waals surface area contributed by atoms with Crippen LogP contribution >= 0.6 is 11.6 Å². The molecular weight excluding hydrogens is 384 g/mol. The van der Waals surface area contributed by atoms with E-state index in [1.165, 1.54) is 0 Å². The number of nitrogens with two attached hydrogens (primary N) is 2. The van der Waals surface area contributed by atoms with E-state index < -0.39 is 0 Å². The van der Waals surface area contributed by atoms with Crippen molar-refractivity contribution in [2.45, 2.75) is 5.92 Å². The Balaban J connectivity index is 1.90. The van der Waals surface area contributed by atoms with Gasteiger partial charge < -0.3 is 16.2 Å². The summed E-state index contributed by atoms with van der Waals surface area (Å²) in [6.45, 7) is 0. The van der Waals surface area contributed by atoms with E-state index in [4.69, 9.17) is 27.8 Å². The summed E-state index contributed by atoms with van der Waals surface area (Å²) >= 11 is 6.57. The standard InChI is InChI=1S/C23H15ClN4O/c24-17-8-4-3-7-14(17)18-15-10-9-12-5-1-2-6-13(12)21(15)29-23-19(18)20(26)16(11-25)22(27)28-23/h1-10,18H,(H4,26,27,28)/t18-/m0/s1. The second-order valence-corrected chi connectivity index (χ2v) is 7.29. The van der Waals surface area contributed by atoms with E-state index in [1.54, 1.807) is 0 Å². The van der Waals surface area contributed by atoms with Gasteiger partial charge in [0.2, 0.25) is 5.88 Å². The van der Waals surface area contributed by atoms with Crippen molar-refractivity contribution in [3.05, 3.63) is 87.9 Å². The fourth-order valence-electron chi connectivity index (χ4n) is 3.97. The lowest BCUT2D eigenvalue weighted by Gasteiger charge is -2.30. The molecule has 0 saturated carbocycles. The summed E-state index contributed by atoms with van der Waals surface area (Å²) in [5.74, 6) is 0.696. The highest BCUT2D eigenvalue weighted by Crippen LogP contribution is 2.53. The number of nitriles is 1. The average molecular weight is 399 g/mol. The van der Waals surface area contributed by atoms with E-state index in [-0.39, 0.29) is 23.0 Å². The summed E-state index contributed by atoms with van der Waals surface area (Å²) in [7, 11) is 0. The summed E-state index contributed by atoms with van der Waals surface area (Å²) < 4.78 is 6.22. The number of hydrogen-bond donors (Lipinski definition) is 2. The van der Waals surface area contributed by atoms with Crippen LogP contribution in [0.5, 0.6) is 11.6 Å². The molecule has 0 radical (unpaired) electrons. The van der Waals surface area contributed by atoms with Gasteiger partial charge >= 0.3 is 0 Å². The van der Waals surface area contributed by atoms with Crippen LogP contribution in [-0.2, 0) is 0 Å². The lowest BCUT2D eigenvalue weighted by Crippen LogP contribution is -2.17. The third-order valence-corrected chi connectivity index (χ3v) is 5.65. The van der Waals surface area contributed by atoms with E-state index in [1.807, 2.05) is 60.7 Å². The minimum absolute atomic E-state index is 0.0466. The summed E-state index contributed by atoms with van der Waals surface area (Å²) in [4.78, 5) is 4.37. The number of aromatic nitrogens is 1. The lowest BCUT2D eigenvalue weighted by atomic mass is 9.81. The van der Waals surface area contributed by atoms with Crippen LogP contribution in [0.4, 0.5) is 11.5 Å². The molecule has 5 nitrogen and oxygen atoms in total. The highest BCUT2D eigenvalue weighted by molar-refractivity contribution is 6.31. The molecule has 0 fully saturated rings. The fourth-order valence-corrected chi connectivity index (χ4v) is 4.22. The zero-order chi connectivity index (χ0) is 20.1.